The molecule has 0 bridgehead atoms. The Labute approximate surface area is 130 Å². The molecule has 0 spiro atoms. The molecule has 0 N–H and O–H groups in total. The van der Waals surface area contributed by atoms with Crippen molar-refractivity contribution in [1.29, 1.82) is 0 Å². The third-order valence-electron chi connectivity index (χ3n) is 1.92. The fourth-order valence-corrected chi connectivity index (χ4v) is 2.60. The van der Waals surface area contributed by atoms with Crippen LogP contribution in [0.1, 0.15) is 1.43 Å². The Morgan fingerprint density at radius 1 is 0.750 bits per heavy atom. The Morgan fingerprint density at radius 2 is 1.12 bits per heavy atom. The van der Waals surface area contributed by atoms with Gasteiger partial charge in [-0.2, -0.15) is 9.79 Å². The van der Waals surface area contributed by atoms with Gasteiger partial charge in [-0.1, -0.05) is 48.2 Å². The van der Waals surface area contributed by atoms with Crippen LogP contribution in [-0.4, -0.2) is 24.4 Å². The summed E-state index contributed by atoms with van der Waals surface area (Å²) >= 11 is 12.1. The first-order valence-corrected chi connectivity index (χ1v) is 6.10. The maximum atomic E-state index is 5.24. The standard InChI is InChI=1S/C12H10S3.Sb.H2/c13-9-5-1-3-7-11(9)15-12-8-4-2-6-10(12)14;;/h1-8,13-14H;;1H/p-2. The summed E-state index contributed by atoms with van der Waals surface area (Å²) in [6.07, 6.45) is 0. The minimum Gasteiger partial charge on any atom is -0.779 e. The van der Waals surface area contributed by atoms with Crippen molar-refractivity contribution in [2.45, 2.75) is 19.6 Å². The van der Waals surface area contributed by atoms with Crippen LogP contribution >= 0.6 is 11.8 Å². The van der Waals surface area contributed by atoms with Crippen molar-refractivity contribution in [3.63, 3.8) is 0 Å². The topological polar surface area (TPSA) is 0 Å². The van der Waals surface area contributed by atoms with E-state index in [1.807, 2.05) is 48.5 Å². The van der Waals surface area contributed by atoms with Crippen LogP contribution in [0.5, 0.6) is 0 Å². The molecule has 0 nitrogen and oxygen atoms in total. The molecule has 0 fully saturated rings. The zero-order valence-corrected chi connectivity index (χ0v) is 13.3. The van der Waals surface area contributed by atoms with Crippen LogP contribution in [-0.2, 0) is 25.3 Å². The summed E-state index contributed by atoms with van der Waals surface area (Å²) in [5.41, 5.74) is 0. The van der Waals surface area contributed by atoms with Crippen LogP contribution in [0.2, 0.25) is 0 Å². The molecule has 0 aliphatic heterocycles. The fourth-order valence-electron chi connectivity index (χ4n) is 1.19. The first kappa shape index (κ1) is 14.1. The SMILES string of the molecule is [HH].[S-]c1ccccc1Sc1ccccc1[S-].[Sb]. The number of hydrogen-bond donors (Lipinski definition) is 0. The van der Waals surface area contributed by atoms with Gasteiger partial charge in [-0.05, 0) is 21.9 Å². The van der Waals surface area contributed by atoms with E-state index >= 15 is 0 Å². The summed E-state index contributed by atoms with van der Waals surface area (Å²) in [6, 6.07) is 15.8. The van der Waals surface area contributed by atoms with Crippen LogP contribution in [0.3, 0.4) is 0 Å². The Balaban J connectivity index is 0.00000128. The molecule has 0 saturated carbocycles. The number of hydrogen-bond acceptors (Lipinski definition) is 3. The average molecular weight is 372 g/mol. The van der Waals surface area contributed by atoms with E-state index in [-0.39, 0.29) is 25.9 Å². The predicted octanol–water partition coefficient (Wildman–Crippen LogP) is 3.51. The van der Waals surface area contributed by atoms with Gasteiger partial charge in [0.15, 0.2) is 0 Å². The second-order valence-electron chi connectivity index (χ2n) is 3.00. The van der Waals surface area contributed by atoms with E-state index in [9.17, 15) is 0 Å². The van der Waals surface area contributed by atoms with E-state index in [1.54, 1.807) is 11.8 Å². The molecular weight excluding hydrogens is 362 g/mol. The summed E-state index contributed by atoms with van der Waals surface area (Å²) < 4.78 is 0. The van der Waals surface area contributed by atoms with Crippen molar-refractivity contribution in [2.75, 3.05) is 0 Å². The van der Waals surface area contributed by atoms with Crippen LogP contribution in [0, 0.1) is 0 Å². The average Bonchev–Trinajstić information content (AvgIpc) is 2.24. The maximum Gasteiger partial charge on any atom is 0 e. The van der Waals surface area contributed by atoms with Crippen molar-refractivity contribution in [2.24, 2.45) is 0 Å². The van der Waals surface area contributed by atoms with Gasteiger partial charge in [0.25, 0.3) is 0 Å². The minimum absolute atomic E-state index is 0. The fraction of sp³-hybridized carbons (Fsp3) is 0. The van der Waals surface area contributed by atoms with Crippen molar-refractivity contribution in [3.05, 3.63) is 48.5 Å². The third-order valence-corrected chi connectivity index (χ3v) is 4.04. The van der Waals surface area contributed by atoms with Gasteiger partial charge in [0.1, 0.15) is 0 Å². The third kappa shape index (κ3) is 3.53. The molecule has 0 atom stereocenters. The first-order chi connectivity index (χ1) is 7.27. The molecule has 4 heteroatoms. The molecule has 0 aliphatic rings. The second-order valence-corrected chi connectivity index (χ2v) is 4.96. The molecule has 0 aromatic heterocycles. The summed E-state index contributed by atoms with van der Waals surface area (Å²) in [5, 5.41) is 0. The summed E-state index contributed by atoms with van der Waals surface area (Å²) in [4.78, 5) is 3.93. The summed E-state index contributed by atoms with van der Waals surface area (Å²) in [5.74, 6) is 0. The van der Waals surface area contributed by atoms with Crippen molar-refractivity contribution in [1.82, 2.24) is 0 Å². The van der Waals surface area contributed by atoms with Crippen molar-refractivity contribution in [3.8, 4) is 0 Å². The Hall–Kier alpha value is 0.0482. The molecular formula is C12H10S3Sb-2. The Kier molecular flexibility index (Phi) is 5.91. The summed E-state index contributed by atoms with van der Waals surface area (Å²) in [6.45, 7) is 0. The van der Waals surface area contributed by atoms with Crippen LogP contribution in [0.4, 0.5) is 0 Å². The van der Waals surface area contributed by atoms with E-state index in [2.05, 4.69) is 0 Å². The zero-order valence-electron chi connectivity index (χ0n) is 8.29. The normalized spacial score (nSPS) is 9.50. The quantitative estimate of drug-likeness (QED) is 0.585. The van der Waals surface area contributed by atoms with Gasteiger partial charge < -0.3 is 25.3 Å². The molecule has 2 rings (SSSR count). The van der Waals surface area contributed by atoms with Crippen LogP contribution in [0.25, 0.3) is 0 Å². The van der Waals surface area contributed by atoms with E-state index in [1.165, 1.54) is 0 Å². The maximum absolute atomic E-state index is 5.24. The monoisotopic (exact) mass is 371 g/mol. The predicted molar refractivity (Wildman–Crippen MR) is 76.1 cm³/mol. The van der Waals surface area contributed by atoms with Crippen molar-refractivity contribution >= 4 is 61.4 Å². The van der Waals surface area contributed by atoms with Gasteiger partial charge in [0, 0.05) is 25.9 Å². The molecule has 0 amide bonds. The van der Waals surface area contributed by atoms with Gasteiger partial charge in [0.2, 0.25) is 0 Å². The van der Waals surface area contributed by atoms with E-state index < -0.39 is 0 Å². The van der Waals surface area contributed by atoms with Gasteiger partial charge >= 0.3 is 0 Å². The molecule has 0 aliphatic carbocycles. The van der Waals surface area contributed by atoms with Gasteiger partial charge in [-0.25, -0.2) is 0 Å². The number of benzene rings is 2. The largest absolute Gasteiger partial charge is 0.779 e. The van der Waals surface area contributed by atoms with Crippen LogP contribution < -0.4 is 0 Å². The van der Waals surface area contributed by atoms with Crippen molar-refractivity contribution < 1.29 is 1.43 Å². The smallest absolute Gasteiger partial charge is 0 e. The number of rotatable bonds is 2. The van der Waals surface area contributed by atoms with Gasteiger partial charge in [-0.15, -0.1) is 0 Å². The minimum atomic E-state index is 0. The van der Waals surface area contributed by atoms with E-state index in [0.29, 0.717) is 0 Å². The van der Waals surface area contributed by atoms with E-state index in [4.69, 9.17) is 25.3 Å². The Bertz CT molecular complexity index is 433. The van der Waals surface area contributed by atoms with E-state index in [0.717, 1.165) is 19.6 Å². The molecule has 16 heavy (non-hydrogen) atoms. The molecule has 0 saturated heterocycles. The molecule has 2 aromatic rings. The molecule has 0 unspecified atom stereocenters. The van der Waals surface area contributed by atoms with Crippen LogP contribution in [0.15, 0.2) is 68.1 Å². The van der Waals surface area contributed by atoms with Gasteiger partial charge in [-0.3, -0.25) is 0 Å². The summed E-state index contributed by atoms with van der Waals surface area (Å²) in [7, 11) is 0. The molecule has 2 aromatic carbocycles. The molecule has 0 heterocycles. The van der Waals surface area contributed by atoms with Gasteiger partial charge in [0.05, 0.1) is 0 Å². The molecule has 3 radical (unpaired) electrons. The Morgan fingerprint density at radius 3 is 1.50 bits per heavy atom. The first-order valence-electron chi connectivity index (χ1n) is 4.47. The second kappa shape index (κ2) is 6.70. The zero-order chi connectivity index (χ0) is 10.7. The molecule has 83 valence electrons.